The van der Waals surface area contributed by atoms with Crippen LogP contribution in [0.4, 0.5) is 32.3 Å². The normalized spacial score (nSPS) is 11.7. The summed E-state index contributed by atoms with van der Waals surface area (Å²) >= 11 is 0. The van der Waals surface area contributed by atoms with E-state index in [-0.39, 0.29) is 55.5 Å². The van der Waals surface area contributed by atoms with Crippen LogP contribution in [0.3, 0.4) is 0 Å². The summed E-state index contributed by atoms with van der Waals surface area (Å²) in [6, 6.07) is 37.1. The highest BCUT2D eigenvalue weighted by atomic mass is 32.2. The van der Waals surface area contributed by atoms with Crippen molar-refractivity contribution >= 4 is 75.3 Å². The number of anilines is 4. The van der Waals surface area contributed by atoms with E-state index in [4.69, 9.17) is 16.7 Å². The first-order chi connectivity index (χ1) is 32.2. The van der Waals surface area contributed by atoms with Crippen molar-refractivity contribution in [2.24, 2.45) is 0 Å². The lowest BCUT2D eigenvalue weighted by atomic mass is 10.2. The Balaban J connectivity index is 0.951. The standard InChI is InChI=1S/C46H38N4O14S4/c1-31-12-3-5-24-43(31)67(57,58)63-39-20-9-16-35(28-39)49-45(51)47-33-14-7-18-37(26-33)61-65(53,54)41-22-11-23-42(30-41)66(55,56)62-38-19-8-15-34(27-38)48-46(52)50-36-17-10-21-40(29-36)64-68(59,60)44-25-6-4-13-32(44)2/h3-30H,1-2H3,(H2,47,49,51)(H2,48,50,52). The SMILES string of the molecule is Cc1ccccc1S(=O)(=O)Oc1cccc(NC(=O)Nc2cccc(OS(=O)(=O)c3cccc(S(=O)(=O)Oc4cccc(NC(=O)Nc5cccc(OS(=O)(=O)c6ccccc6C)c5)c4)c3)c2)c1. The van der Waals surface area contributed by atoms with E-state index in [2.05, 4.69) is 21.3 Å². The number of hydrogen-bond donors (Lipinski definition) is 4. The average Bonchev–Trinajstić information content (AvgIpc) is 3.26. The van der Waals surface area contributed by atoms with E-state index in [1.165, 1.54) is 109 Å². The highest BCUT2D eigenvalue weighted by molar-refractivity contribution is 7.88. The Morgan fingerprint density at radius 3 is 0.926 bits per heavy atom. The Hall–Kier alpha value is -7.92. The van der Waals surface area contributed by atoms with E-state index < -0.39 is 62.3 Å². The summed E-state index contributed by atoms with van der Waals surface area (Å²) in [5, 5.41) is 10.1. The zero-order valence-corrected chi connectivity index (χ0v) is 38.8. The van der Waals surface area contributed by atoms with Gasteiger partial charge in [-0.3, -0.25) is 0 Å². The maximum absolute atomic E-state index is 13.4. The Kier molecular flexibility index (Phi) is 14.1. The molecular weight excluding hydrogens is 961 g/mol. The maximum atomic E-state index is 13.4. The molecule has 0 aliphatic rings. The summed E-state index contributed by atoms with van der Waals surface area (Å²) in [5.41, 5.74) is 1.49. The van der Waals surface area contributed by atoms with Gasteiger partial charge in [0.2, 0.25) is 0 Å². The number of nitrogens with one attached hydrogen (secondary N) is 4. The molecule has 0 aliphatic carbocycles. The molecule has 350 valence electrons. The van der Waals surface area contributed by atoms with Crippen LogP contribution < -0.4 is 38.0 Å². The second-order valence-corrected chi connectivity index (χ2v) is 20.5. The summed E-state index contributed by atoms with van der Waals surface area (Å²) < 4.78 is 126. The maximum Gasteiger partial charge on any atom is 0.339 e. The predicted molar refractivity (Wildman–Crippen MR) is 251 cm³/mol. The van der Waals surface area contributed by atoms with Crippen molar-refractivity contribution in [3.63, 3.8) is 0 Å². The number of hydrogen-bond acceptors (Lipinski definition) is 14. The lowest BCUT2D eigenvalue weighted by Gasteiger charge is -2.13. The Labute approximate surface area is 392 Å². The monoisotopic (exact) mass is 998 g/mol. The first-order valence-electron chi connectivity index (χ1n) is 19.8. The van der Waals surface area contributed by atoms with Gasteiger partial charge in [0.25, 0.3) is 0 Å². The zero-order valence-electron chi connectivity index (χ0n) is 35.5. The van der Waals surface area contributed by atoms with Crippen LogP contribution in [0, 0.1) is 13.8 Å². The summed E-state index contributed by atoms with van der Waals surface area (Å²) in [4.78, 5) is 24.6. The third-order valence-corrected chi connectivity index (χ3v) is 14.6. The third kappa shape index (κ3) is 12.3. The number of benzene rings is 7. The second kappa shape index (κ2) is 19.9. The van der Waals surface area contributed by atoms with Gasteiger partial charge in [-0.05, 0) is 104 Å². The molecule has 0 aliphatic heterocycles. The smallest absolute Gasteiger partial charge is 0.339 e. The number of aryl methyl sites for hydroxylation is 2. The second-order valence-electron chi connectivity index (χ2n) is 14.4. The van der Waals surface area contributed by atoms with E-state index in [1.54, 1.807) is 50.2 Å². The summed E-state index contributed by atoms with van der Waals surface area (Å²) in [6.07, 6.45) is 0. The number of rotatable bonds is 16. The number of carbonyl (C=O) groups is 2. The number of amides is 4. The molecule has 0 aromatic heterocycles. The summed E-state index contributed by atoms with van der Waals surface area (Å²) in [6.45, 7) is 3.25. The molecule has 0 heterocycles. The van der Waals surface area contributed by atoms with Crippen molar-refractivity contribution in [3.8, 4) is 23.0 Å². The molecule has 0 spiro atoms. The van der Waals surface area contributed by atoms with Crippen molar-refractivity contribution in [2.45, 2.75) is 33.4 Å². The molecule has 68 heavy (non-hydrogen) atoms. The zero-order chi connectivity index (χ0) is 48.7. The van der Waals surface area contributed by atoms with Gasteiger partial charge >= 0.3 is 52.5 Å². The fourth-order valence-electron chi connectivity index (χ4n) is 6.24. The van der Waals surface area contributed by atoms with Crippen molar-refractivity contribution in [1.82, 2.24) is 0 Å². The largest absolute Gasteiger partial charge is 0.379 e. The van der Waals surface area contributed by atoms with Gasteiger partial charge in [-0.2, -0.15) is 33.7 Å². The molecule has 7 aromatic carbocycles. The molecule has 0 bridgehead atoms. The van der Waals surface area contributed by atoms with Crippen LogP contribution in [0.15, 0.2) is 189 Å². The molecule has 0 saturated heterocycles. The van der Waals surface area contributed by atoms with E-state index in [1.807, 2.05) is 0 Å². The minimum Gasteiger partial charge on any atom is -0.379 e. The number of urea groups is 2. The lowest BCUT2D eigenvalue weighted by molar-refractivity contribution is 0.261. The quantitative estimate of drug-likeness (QED) is 0.0661. The van der Waals surface area contributed by atoms with Gasteiger partial charge in [0.1, 0.15) is 42.6 Å². The fourth-order valence-corrected chi connectivity index (χ4v) is 10.6. The molecule has 7 rings (SSSR count). The molecule has 0 unspecified atom stereocenters. The van der Waals surface area contributed by atoms with Crippen LogP contribution in [-0.2, 0) is 40.5 Å². The van der Waals surface area contributed by atoms with Crippen LogP contribution in [0.1, 0.15) is 11.1 Å². The van der Waals surface area contributed by atoms with Crippen LogP contribution in [0.5, 0.6) is 23.0 Å². The van der Waals surface area contributed by atoms with E-state index in [0.29, 0.717) is 11.1 Å². The van der Waals surface area contributed by atoms with Gasteiger partial charge in [-0.15, -0.1) is 0 Å². The topological polar surface area (TPSA) is 256 Å². The van der Waals surface area contributed by atoms with Gasteiger partial charge in [0, 0.05) is 47.0 Å². The molecule has 0 atom stereocenters. The van der Waals surface area contributed by atoms with Crippen LogP contribution in [0.2, 0.25) is 0 Å². The van der Waals surface area contributed by atoms with Gasteiger partial charge in [0.15, 0.2) is 0 Å². The highest BCUT2D eigenvalue weighted by Gasteiger charge is 2.24. The van der Waals surface area contributed by atoms with Gasteiger partial charge in [0.05, 0.1) is 0 Å². The molecule has 4 N–H and O–H groups in total. The first-order valence-corrected chi connectivity index (χ1v) is 25.4. The fraction of sp³-hybridized carbons (Fsp3) is 0.0435. The Morgan fingerprint density at radius 2 is 0.618 bits per heavy atom. The van der Waals surface area contributed by atoms with E-state index in [0.717, 1.165) is 24.3 Å². The average molecular weight is 999 g/mol. The van der Waals surface area contributed by atoms with Crippen LogP contribution >= 0.6 is 0 Å². The van der Waals surface area contributed by atoms with Crippen LogP contribution in [0.25, 0.3) is 0 Å². The summed E-state index contributed by atoms with van der Waals surface area (Å²) in [5.74, 6) is -0.622. The van der Waals surface area contributed by atoms with Gasteiger partial charge < -0.3 is 38.0 Å². The minimum absolute atomic E-state index is 0.0172. The van der Waals surface area contributed by atoms with Crippen molar-refractivity contribution in [3.05, 3.63) is 181 Å². The number of carbonyl (C=O) groups excluding carboxylic acids is 2. The molecule has 0 fully saturated rings. The first kappa shape index (κ1) is 48.0. The van der Waals surface area contributed by atoms with Crippen molar-refractivity contribution < 1.29 is 60.0 Å². The van der Waals surface area contributed by atoms with E-state index >= 15 is 0 Å². The van der Waals surface area contributed by atoms with Crippen molar-refractivity contribution in [2.75, 3.05) is 21.3 Å². The van der Waals surface area contributed by atoms with Crippen molar-refractivity contribution in [1.29, 1.82) is 0 Å². The molecule has 22 heteroatoms. The van der Waals surface area contributed by atoms with Gasteiger partial charge in [-0.25, -0.2) is 9.59 Å². The lowest BCUT2D eigenvalue weighted by Crippen LogP contribution is -2.19. The third-order valence-electron chi connectivity index (χ3n) is 9.30. The van der Waals surface area contributed by atoms with Gasteiger partial charge in [-0.1, -0.05) is 66.7 Å². The molecule has 7 aromatic rings. The highest BCUT2D eigenvalue weighted by Crippen LogP contribution is 2.29. The van der Waals surface area contributed by atoms with Crippen LogP contribution in [-0.4, -0.2) is 45.7 Å². The molecular formula is C46H38N4O14S4. The molecule has 0 saturated carbocycles. The Morgan fingerprint density at radius 1 is 0.338 bits per heavy atom. The molecule has 4 amide bonds. The summed E-state index contributed by atoms with van der Waals surface area (Å²) in [7, 11) is -17.7. The molecule has 18 nitrogen and oxygen atoms in total. The Bertz CT molecular complexity index is 3290. The molecule has 0 radical (unpaired) electrons. The minimum atomic E-state index is -4.68. The van der Waals surface area contributed by atoms with E-state index in [9.17, 15) is 43.3 Å². The predicted octanol–water partition coefficient (Wildman–Crippen LogP) is 8.66.